The van der Waals surface area contributed by atoms with Crippen LogP contribution in [0.25, 0.3) is 0 Å². The second kappa shape index (κ2) is 6.00. The molecule has 1 heterocycles. The van der Waals surface area contributed by atoms with Crippen molar-refractivity contribution < 1.29 is 9.90 Å². The number of carboxylic acids is 1. The Morgan fingerprint density at radius 1 is 1.59 bits per heavy atom. The average molecular weight is 301 g/mol. The molecule has 0 unspecified atom stereocenters. The second-order valence-electron chi connectivity index (χ2n) is 4.11. The van der Waals surface area contributed by atoms with Gasteiger partial charge in [-0.15, -0.1) is 0 Å². The van der Waals surface area contributed by atoms with Crippen LogP contribution in [0.15, 0.2) is 16.6 Å². The van der Waals surface area contributed by atoms with Gasteiger partial charge in [0.15, 0.2) is 0 Å². The van der Waals surface area contributed by atoms with E-state index >= 15 is 0 Å². The summed E-state index contributed by atoms with van der Waals surface area (Å²) in [5.41, 5.74) is 0.836. The molecule has 17 heavy (non-hydrogen) atoms. The normalized spacial score (nSPS) is 14.1. The van der Waals surface area contributed by atoms with E-state index in [9.17, 15) is 4.79 Å². The number of aryl methyl sites for hydroxylation is 1. The van der Waals surface area contributed by atoms with Crippen LogP contribution in [0.3, 0.4) is 0 Å². The van der Waals surface area contributed by atoms with Gasteiger partial charge in [0.25, 0.3) is 0 Å². The topological polar surface area (TPSA) is 62.2 Å². The summed E-state index contributed by atoms with van der Waals surface area (Å²) in [4.78, 5) is 15.4. The Labute approximate surface area is 110 Å². The van der Waals surface area contributed by atoms with Crippen LogP contribution < -0.4 is 5.32 Å². The lowest BCUT2D eigenvalue weighted by atomic mass is 9.99. The highest BCUT2D eigenvalue weighted by molar-refractivity contribution is 9.10. The Hall–Kier alpha value is -1.10. The SMILES string of the molecule is CC[C@H](C)[C@H](Nc1ccc(Br)c(C)n1)C(=O)O. The van der Waals surface area contributed by atoms with E-state index in [-0.39, 0.29) is 5.92 Å². The Kier molecular flexibility index (Phi) is 4.93. The van der Waals surface area contributed by atoms with E-state index in [0.29, 0.717) is 5.82 Å². The number of halogens is 1. The zero-order valence-corrected chi connectivity index (χ0v) is 11.8. The fourth-order valence-electron chi connectivity index (χ4n) is 1.47. The van der Waals surface area contributed by atoms with Crippen LogP contribution in [0.5, 0.6) is 0 Å². The van der Waals surface area contributed by atoms with E-state index in [1.54, 1.807) is 6.07 Å². The van der Waals surface area contributed by atoms with Gasteiger partial charge < -0.3 is 10.4 Å². The van der Waals surface area contributed by atoms with Crippen LogP contribution in [0.2, 0.25) is 0 Å². The number of hydrogen-bond acceptors (Lipinski definition) is 3. The number of carboxylic acid groups (broad SMARTS) is 1. The molecule has 0 aliphatic heterocycles. The summed E-state index contributed by atoms with van der Waals surface area (Å²) < 4.78 is 0.915. The van der Waals surface area contributed by atoms with Gasteiger partial charge in [-0.25, -0.2) is 9.78 Å². The van der Waals surface area contributed by atoms with Gasteiger partial charge in [-0.3, -0.25) is 0 Å². The maximum Gasteiger partial charge on any atom is 0.326 e. The minimum Gasteiger partial charge on any atom is -0.480 e. The van der Waals surface area contributed by atoms with Crippen LogP contribution >= 0.6 is 15.9 Å². The highest BCUT2D eigenvalue weighted by Crippen LogP contribution is 2.19. The van der Waals surface area contributed by atoms with E-state index in [4.69, 9.17) is 5.11 Å². The third kappa shape index (κ3) is 3.70. The van der Waals surface area contributed by atoms with E-state index in [0.717, 1.165) is 16.6 Å². The Balaban J connectivity index is 2.86. The summed E-state index contributed by atoms with van der Waals surface area (Å²) in [6.45, 7) is 5.76. The van der Waals surface area contributed by atoms with E-state index in [1.807, 2.05) is 26.8 Å². The molecule has 4 nitrogen and oxygen atoms in total. The fourth-order valence-corrected chi connectivity index (χ4v) is 1.69. The highest BCUT2D eigenvalue weighted by Gasteiger charge is 2.23. The lowest BCUT2D eigenvalue weighted by Crippen LogP contribution is -2.35. The predicted molar refractivity (Wildman–Crippen MR) is 71.2 cm³/mol. The van der Waals surface area contributed by atoms with Gasteiger partial charge in [0.1, 0.15) is 11.9 Å². The Morgan fingerprint density at radius 3 is 2.71 bits per heavy atom. The number of anilines is 1. The Bertz CT molecular complexity index is 409. The molecular formula is C12H17BrN2O2. The zero-order chi connectivity index (χ0) is 13.0. The molecule has 1 aromatic rings. The first-order chi connectivity index (χ1) is 7.95. The monoisotopic (exact) mass is 300 g/mol. The van der Waals surface area contributed by atoms with Crippen molar-refractivity contribution in [2.45, 2.75) is 33.2 Å². The largest absolute Gasteiger partial charge is 0.480 e. The number of hydrogen-bond donors (Lipinski definition) is 2. The number of rotatable bonds is 5. The van der Waals surface area contributed by atoms with Gasteiger partial charge in [-0.05, 0) is 40.9 Å². The number of aliphatic carboxylic acids is 1. The van der Waals surface area contributed by atoms with Crippen LogP contribution in [-0.2, 0) is 4.79 Å². The molecule has 0 aliphatic rings. The molecule has 1 aromatic heterocycles. The first-order valence-electron chi connectivity index (χ1n) is 5.58. The van der Waals surface area contributed by atoms with E-state index in [1.165, 1.54) is 0 Å². The molecule has 0 fully saturated rings. The van der Waals surface area contributed by atoms with Gasteiger partial charge in [0.05, 0.1) is 5.69 Å². The van der Waals surface area contributed by atoms with Crippen LogP contribution in [0, 0.1) is 12.8 Å². The van der Waals surface area contributed by atoms with Crippen molar-refractivity contribution in [2.24, 2.45) is 5.92 Å². The molecular weight excluding hydrogens is 284 g/mol. The summed E-state index contributed by atoms with van der Waals surface area (Å²) in [6.07, 6.45) is 0.805. The van der Waals surface area contributed by atoms with Crippen molar-refractivity contribution in [3.8, 4) is 0 Å². The van der Waals surface area contributed by atoms with Crippen LogP contribution in [0.1, 0.15) is 26.0 Å². The molecule has 1 rings (SSSR count). The Morgan fingerprint density at radius 2 is 2.24 bits per heavy atom. The molecule has 0 bridgehead atoms. The van der Waals surface area contributed by atoms with Crippen molar-refractivity contribution in [3.05, 3.63) is 22.3 Å². The molecule has 94 valence electrons. The third-order valence-electron chi connectivity index (χ3n) is 2.80. The lowest BCUT2D eigenvalue weighted by Gasteiger charge is -2.20. The van der Waals surface area contributed by atoms with Gasteiger partial charge in [0, 0.05) is 4.47 Å². The molecule has 2 atom stereocenters. The predicted octanol–water partition coefficient (Wildman–Crippen LogP) is 3.06. The van der Waals surface area contributed by atoms with Gasteiger partial charge in [0.2, 0.25) is 0 Å². The average Bonchev–Trinajstić information content (AvgIpc) is 2.29. The van der Waals surface area contributed by atoms with Crippen LogP contribution in [0.4, 0.5) is 5.82 Å². The summed E-state index contributed by atoms with van der Waals surface area (Å²) in [5.74, 6) is -0.196. The van der Waals surface area contributed by atoms with Crippen molar-refractivity contribution in [3.63, 3.8) is 0 Å². The zero-order valence-electron chi connectivity index (χ0n) is 10.2. The number of nitrogens with zero attached hydrogens (tertiary/aromatic N) is 1. The maximum absolute atomic E-state index is 11.2. The smallest absolute Gasteiger partial charge is 0.326 e. The number of aromatic nitrogens is 1. The molecule has 2 N–H and O–H groups in total. The van der Waals surface area contributed by atoms with Crippen molar-refractivity contribution >= 4 is 27.7 Å². The van der Waals surface area contributed by atoms with Crippen molar-refractivity contribution in [2.75, 3.05) is 5.32 Å². The van der Waals surface area contributed by atoms with Crippen LogP contribution in [-0.4, -0.2) is 22.1 Å². The van der Waals surface area contributed by atoms with Crippen molar-refractivity contribution in [1.29, 1.82) is 0 Å². The number of pyridine rings is 1. The third-order valence-corrected chi connectivity index (χ3v) is 3.64. The molecule has 0 radical (unpaired) electrons. The molecule has 0 amide bonds. The molecule has 0 saturated heterocycles. The molecule has 5 heteroatoms. The number of nitrogens with one attached hydrogen (secondary N) is 1. The van der Waals surface area contributed by atoms with Gasteiger partial charge >= 0.3 is 5.97 Å². The highest BCUT2D eigenvalue weighted by atomic mass is 79.9. The molecule has 0 saturated carbocycles. The van der Waals surface area contributed by atoms with Gasteiger partial charge in [-0.2, -0.15) is 0 Å². The van der Waals surface area contributed by atoms with E-state index in [2.05, 4.69) is 26.2 Å². The lowest BCUT2D eigenvalue weighted by molar-refractivity contribution is -0.139. The van der Waals surface area contributed by atoms with Gasteiger partial charge in [-0.1, -0.05) is 20.3 Å². The maximum atomic E-state index is 11.2. The first-order valence-corrected chi connectivity index (χ1v) is 6.37. The first kappa shape index (κ1) is 14.0. The number of carbonyl (C=O) groups is 1. The summed E-state index contributed by atoms with van der Waals surface area (Å²) in [7, 11) is 0. The standard InChI is InChI=1S/C12H17BrN2O2/c1-4-7(2)11(12(16)17)15-10-6-5-9(13)8(3)14-10/h5-7,11H,4H2,1-3H3,(H,14,15)(H,16,17)/t7-,11-/m0/s1. The molecule has 0 aromatic carbocycles. The van der Waals surface area contributed by atoms with Crippen molar-refractivity contribution in [1.82, 2.24) is 4.98 Å². The fraction of sp³-hybridized carbons (Fsp3) is 0.500. The molecule has 0 aliphatic carbocycles. The summed E-state index contributed by atoms with van der Waals surface area (Å²) in [5, 5.41) is 12.1. The summed E-state index contributed by atoms with van der Waals surface area (Å²) >= 11 is 3.36. The minimum absolute atomic E-state index is 0.0539. The quantitative estimate of drug-likeness (QED) is 0.877. The molecule has 0 spiro atoms. The second-order valence-corrected chi connectivity index (χ2v) is 4.96. The van der Waals surface area contributed by atoms with E-state index < -0.39 is 12.0 Å². The minimum atomic E-state index is -0.846. The summed E-state index contributed by atoms with van der Waals surface area (Å²) in [6, 6.07) is 3.03.